The molecule has 3 aromatic rings. The lowest BCUT2D eigenvalue weighted by Crippen LogP contribution is -1.96. The van der Waals surface area contributed by atoms with Crippen LogP contribution in [0.1, 0.15) is 15.9 Å². The first-order valence-electron chi connectivity index (χ1n) is 6.66. The van der Waals surface area contributed by atoms with Gasteiger partial charge in [0.1, 0.15) is 0 Å². The SMILES string of the molecule is Nc1ccc(/C=C/C(=O)c2cccc3ncccc23)cc1. The first-order valence-corrected chi connectivity index (χ1v) is 6.66. The van der Waals surface area contributed by atoms with Crippen LogP contribution < -0.4 is 5.73 Å². The Kier molecular flexibility index (Phi) is 3.48. The number of benzene rings is 2. The number of nitrogen functional groups attached to an aromatic ring is 1. The van der Waals surface area contributed by atoms with E-state index in [2.05, 4.69) is 4.98 Å². The number of nitrogens with zero attached hydrogens (tertiary/aromatic N) is 1. The lowest BCUT2D eigenvalue weighted by atomic mass is 10.0. The van der Waals surface area contributed by atoms with Gasteiger partial charge < -0.3 is 5.73 Å². The quantitative estimate of drug-likeness (QED) is 0.450. The van der Waals surface area contributed by atoms with Crippen molar-refractivity contribution in [2.24, 2.45) is 0 Å². The fourth-order valence-corrected chi connectivity index (χ4v) is 2.19. The minimum absolute atomic E-state index is 0.0366. The molecule has 0 amide bonds. The van der Waals surface area contributed by atoms with Gasteiger partial charge in [0.25, 0.3) is 0 Å². The summed E-state index contributed by atoms with van der Waals surface area (Å²) in [7, 11) is 0. The number of hydrogen-bond donors (Lipinski definition) is 1. The van der Waals surface area contributed by atoms with Gasteiger partial charge in [-0.15, -0.1) is 0 Å². The molecular weight excluding hydrogens is 260 g/mol. The lowest BCUT2D eigenvalue weighted by Gasteiger charge is -2.02. The second kappa shape index (κ2) is 5.59. The number of hydrogen-bond acceptors (Lipinski definition) is 3. The number of ketones is 1. The molecule has 1 aromatic heterocycles. The van der Waals surface area contributed by atoms with E-state index in [4.69, 9.17) is 5.73 Å². The van der Waals surface area contributed by atoms with Crippen LogP contribution in [0.25, 0.3) is 17.0 Å². The van der Waals surface area contributed by atoms with Gasteiger partial charge in [0.2, 0.25) is 0 Å². The van der Waals surface area contributed by atoms with E-state index in [0.717, 1.165) is 16.5 Å². The molecule has 0 aliphatic heterocycles. The van der Waals surface area contributed by atoms with E-state index in [1.54, 1.807) is 18.3 Å². The molecule has 0 atom stereocenters. The van der Waals surface area contributed by atoms with Crippen molar-refractivity contribution in [3.05, 3.63) is 78.0 Å². The maximum Gasteiger partial charge on any atom is 0.186 e. The van der Waals surface area contributed by atoms with Gasteiger partial charge >= 0.3 is 0 Å². The molecule has 0 radical (unpaired) electrons. The molecule has 0 saturated carbocycles. The van der Waals surface area contributed by atoms with E-state index in [1.165, 1.54) is 0 Å². The van der Waals surface area contributed by atoms with Gasteiger partial charge in [0.05, 0.1) is 5.52 Å². The van der Waals surface area contributed by atoms with Gasteiger partial charge in [-0.1, -0.05) is 36.4 Å². The molecule has 0 saturated heterocycles. The average molecular weight is 274 g/mol. The molecule has 1 heterocycles. The van der Waals surface area contributed by atoms with Gasteiger partial charge in [-0.2, -0.15) is 0 Å². The highest BCUT2D eigenvalue weighted by Crippen LogP contribution is 2.18. The standard InChI is InChI=1S/C18H14N2O/c19-14-9-6-13(7-10-14)8-11-18(21)16-3-1-5-17-15(16)4-2-12-20-17/h1-12H,19H2/b11-8+. The van der Waals surface area contributed by atoms with Crippen molar-refractivity contribution < 1.29 is 4.79 Å². The first kappa shape index (κ1) is 13.1. The van der Waals surface area contributed by atoms with E-state index in [1.807, 2.05) is 54.6 Å². The monoisotopic (exact) mass is 274 g/mol. The van der Waals surface area contributed by atoms with Crippen LogP contribution in [0.15, 0.2) is 66.9 Å². The summed E-state index contributed by atoms with van der Waals surface area (Å²) in [6, 6.07) is 16.7. The first-order chi connectivity index (χ1) is 10.2. The third-order valence-corrected chi connectivity index (χ3v) is 3.27. The highest BCUT2D eigenvalue weighted by Gasteiger charge is 2.06. The maximum atomic E-state index is 12.4. The van der Waals surface area contributed by atoms with Crippen molar-refractivity contribution in [2.75, 3.05) is 5.73 Å². The van der Waals surface area contributed by atoms with Gasteiger partial charge in [-0.3, -0.25) is 9.78 Å². The third-order valence-electron chi connectivity index (χ3n) is 3.27. The predicted octanol–water partition coefficient (Wildman–Crippen LogP) is 3.71. The van der Waals surface area contributed by atoms with Gasteiger partial charge in [0, 0.05) is 22.8 Å². The van der Waals surface area contributed by atoms with Gasteiger partial charge in [-0.25, -0.2) is 0 Å². The molecule has 0 unspecified atom stereocenters. The molecule has 2 aromatic carbocycles. The van der Waals surface area contributed by atoms with Gasteiger partial charge in [0.15, 0.2) is 5.78 Å². The Morgan fingerprint density at radius 3 is 2.62 bits per heavy atom. The summed E-state index contributed by atoms with van der Waals surface area (Å²) in [5.74, 6) is -0.0366. The Morgan fingerprint density at radius 1 is 1.00 bits per heavy atom. The number of nitrogens with two attached hydrogens (primary N) is 1. The molecular formula is C18H14N2O. The maximum absolute atomic E-state index is 12.4. The summed E-state index contributed by atoms with van der Waals surface area (Å²) >= 11 is 0. The number of aromatic nitrogens is 1. The largest absolute Gasteiger partial charge is 0.399 e. The van der Waals surface area contributed by atoms with Crippen LogP contribution in [0.5, 0.6) is 0 Å². The van der Waals surface area contributed by atoms with Crippen LogP contribution >= 0.6 is 0 Å². The minimum Gasteiger partial charge on any atom is -0.399 e. The number of allylic oxidation sites excluding steroid dienone is 1. The molecule has 0 fully saturated rings. The van der Waals surface area contributed by atoms with E-state index in [9.17, 15) is 4.79 Å². The number of pyridine rings is 1. The number of carbonyl (C=O) groups is 1. The van der Waals surface area contributed by atoms with Crippen LogP contribution in [-0.4, -0.2) is 10.8 Å². The summed E-state index contributed by atoms with van der Waals surface area (Å²) in [5.41, 5.74) is 8.77. The molecule has 2 N–H and O–H groups in total. The molecule has 0 aliphatic rings. The number of fused-ring (bicyclic) bond motifs is 1. The number of anilines is 1. The Hall–Kier alpha value is -2.94. The Morgan fingerprint density at radius 2 is 1.81 bits per heavy atom. The molecule has 3 nitrogen and oxygen atoms in total. The summed E-state index contributed by atoms with van der Waals surface area (Å²) in [5, 5.41) is 0.868. The Bertz CT molecular complexity index is 815. The topological polar surface area (TPSA) is 56.0 Å². The molecule has 3 rings (SSSR count). The van der Waals surface area contributed by atoms with E-state index >= 15 is 0 Å². The summed E-state index contributed by atoms with van der Waals surface area (Å²) in [6.45, 7) is 0. The fourth-order valence-electron chi connectivity index (χ4n) is 2.19. The fraction of sp³-hybridized carbons (Fsp3) is 0. The molecule has 21 heavy (non-hydrogen) atoms. The molecule has 0 bridgehead atoms. The van der Waals surface area contributed by atoms with Gasteiger partial charge in [-0.05, 0) is 35.9 Å². The zero-order chi connectivity index (χ0) is 14.7. The van der Waals surface area contributed by atoms with Crippen LogP contribution in [0.3, 0.4) is 0 Å². The van der Waals surface area contributed by atoms with Crippen molar-refractivity contribution in [1.82, 2.24) is 4.98 Å². The minimum atomic E-state index is -0.0366. The number of rotatable bonds is 3. The molecule has 0 spiro atoms. The van der Waals surface area contributed by atoms with Crippen molar-refractivity contribution in [3.63, 3.8) is 0 Å². The lowest BCUT2D eigenvalue weighted by molar-refractivity contribution is 0.104. The van der Waals surface area contributed by atoms with E-state index < -0.39 is 0 Å². The van der Waals surface area contributed by atoms with Crippen molar-refractivity contribution in [2.45, 2.75) is 0 Å². The van der Waals surface area contributed by atoms with Crippen LogP contribution in [0.2, 0.25) is 0 Å². The third kappa shape index (κ3) is 2.82. The zero-order valence-corrected chi connectivity index (χ0v) is 11.4. The Balaban J connectivity index is 1.92. The second-order valence-corrected chi connectivity index (χ2v) is 4.74. The van der Waals surface area contributed by atoms with Crippen molar-refractivity contribution in [3.8, 4) is 0 Å². The predicted molar refractivity (Wildman–Crippen MR) is 86.0 cm³/mol. The molecule has 3 heteroatoms. The highest BCUT2D eigenvalue weighted by atomic mass is 16.1. The second-order valence-electron chi connectivity index (χ2n) is 4.74. The van der Waals surface area contributed by atoms with Crippen molar-refractivity contribution >= 4 is 28.4 Å². The normalized spacial score (nSPS) is 11.0. The van der Waals surface area contributed by atoms with Crippen LogP contribution in [-0.2, 0) is 0 Å². The number of carbonyl (C=O) groups excluding carboxylic acids is 1. The van der Waals surface area contributed by atoms with Crippen LogP contribution in [0, 0.1) is 0 Å². The summed E-state index contributed by atoms with van der Waals surface area (Å²) in [6.07, 6.45) is 5.09. The van der Waals surface area contributed by atoms with Crippen LogP contribution in [0.4, 0.5) is 5.69 Å². The smallest absolute Gasteiger partial charge is 0.186 e. The molecule has 0 aliphatic carbocycles. The zero-order valence-electron chi connectivity index (χ0n) is 11.4. The van der Waals surface area contributed by atoms with Crippen molar-refractivity contribution in [1.29, 1.82) is 0 Å². The Labute approximate surface area is 122 Å². The van der Waals surface area contributed by atoms with E-state index in [-0.39, 0.29) is 5.78 Å². The average Bonchev–Trinajstić information content (AvgIpc) is 2.53. The highest BCUT2D eigenvalue weighted by molar-refractivity contribution is 6.14. The van der Waals surface area contributed by atoms with E-state index in [0.29, 0.717) is 11.3 Å². The molecule has 102 valence electrons. The summed E-state index contributed by atoms with van der Waals surface area (Å²) < 4.78 is 0. The summed E-state index contributed by atoms with van der Waals surface area (Å²) in [4.78, 5) is 16.6.